The van der Waals surface area contributed by atoms with E-state index in [1.807, 2.05) is 30.3 Å². The smallest absolute Gasteiger partial charge is 0.270 e. The van der Waals surface area contributed by atoms with Crippen molar-refractivity contribution in [1.82, 2.24) is 10.3 Å². The molecule has 1 amide bonds. The highest BCUT2D eigenvalue weighted by Crippen LogP contribution is 2.18. The summed E-state index contributed by atoms with van der Waals surface area (Å²) in [5.74, 6) is 0.405. The Kier molecular flexibility index (Phi) is 6.83. The fourth-order valence-electron chi connectivity index (χ4n) is 2.45. The van der Waals surface area contributed by atoms with Crippen molar-refractivity contribution in [2.45, 2.75) is 4.90 Å². The van der Waals surface area contributed by atoms with Crippen molar-refractivity contribution in [2.75, 3.05) is 13.2 Å². The molecule has 0 radical (unpaired) electrons. The second-order valence-electron chi connectivity index (χ2n) is 5.88. The van der Waals surface area contributed by atoms with Crippen molar-refractivity contribution in [3.05, 3.63) is 90.5 Å². The lowest BCUT2D eigenvalue weighted by Gasteiger charge is -2.13. The molecule has 0 bridgehead atoms. The van der Waals surface area contributed by atoms with E-state index in [1.165, 1.54) is 12.1 Å². The van der Waals surface area contributed by atoms with Crippen LogP contribution in [0, 0.1) is 0 Å². The number of rotatable bonds is 9. The van der Waals surface area contributed by atoms with Crippen LogP contribution in [0.5, 0.6) is 11.5 Å². The second kappa shape index (κ2) is 9.72. The molecule has 0 spiro atoms. The van der Waals surface area contributed by atoms with E-state index >= 15 is 0 Å². The summed E-state index contributed by atoms with van der Waals surface area (Å²) in [6.45, 7) is 0.509. The Morgan fingerprint density at radius 2 is 1.34 bits per heavy atom. The van der Waals surface area contributed by atoms with Crippen LogP contribution >= 0.6 is 0 Å². The van der Waals surface area contributed by atoms with Crippen molar-refractivity contribution in [2.24, 2.45) is 0 Å². The molecule has 2 N–H and O–H groups in total. The molecule has 0 heterocycles. The van der Waals surface area contributed by atoms with E-state index < -0.39 is 15.9 Å². The van der Waals surface area contributed by atoms with Gasteiger partial charge >= 0.3 is 0 Å². The Morgan fingerprint density at radius 1 is 0.759 bits per heavy atom. The first-order chi connectivity index (χ1) is 14.1. The Balaban J connectivity index is 1.57. The summed E-state index contributed by atoms with van der Waals surface area (Å²) in [6.07, 6.45) is 0. The van der Waals surface area contributed by atoms with Crippen molar-refractivity contribution < 1.29 is 22.7 Å². The number of hydrazine groups is 1. The summed E-state index contributed by atoms with van der Waals surface area (Å²) in [5, 5.41) is 0. The van der Waals surface area contributed by atoms with Gasteiger partial charge < -0.3 is 9.47 Å². The Morgan fingerprint density at radius 3 is 2.07 bits per heavy atom. The normalized spacial score (nSPS) is 10.9. The average Bonchev–Trinajstić information content (AvgIpc) is 2.77. The molecule has 150 valence electrons. The molecule has 0 fully saturated rings. The van der Waals surface area contributed by atoms with Crippen molar-refractivity contribution in [3.8, 4) is 11.5 Å². The van der Waals surface area contributed by atoms with E-state index in [9.17, 15) is 13.2 Å². The zero-order chi connectivity index (χ0) is 20.5. The second-order valence-corrected chi connectivity index (χ2v) is 7.56. The molecule has 8 heteroatoms. The fraction of sp³-hybridized carbons (Fsp3) is 0.0952. The third kappa shape index (κ3) is 5.81. The molecule has 0 aliphatic carbocycles. The predicted molar refractivity (Wildman–Crippen MR) is 108 cm³/mol. The quantitative estimate of drug-likeness (QED) is 0.416. The van der Waals surface area contributed by atoms with E-state index in [1.54, 1.807) is 42.5 Å². The van der Waals surface area contributed by atoms with E-state index in [0.29, 0.717) is 12.4 Å². The standard InChI is InChI=1S/C21H20N2O5S/c24-21(22-23-29(25,26)18-11-5-2-6-12-18)19-13-7-8-14-20(19)28-16-15-27-17-9-3-1-4-10-17/h1-14,23H,15-16H2,(H,22,24). The van der Waals surface area contributed by atoms with Crippen LogP contribution < -0.4 is 19.7 Å². The number of nitrogens with one attached hydrogen (secondary N) is 2. The monoisotopic (exact) mass is 412 g/mol. The summed E-state index contributed by atoms with van der Waals surface area (Å²) in [5.41, 5.74) is 2.40. The number of carbonyl (C=O) groups is 1. The summed E-state index contributed by atoms with van der Waals surface area (Å²) in [7, 11) is -3.87. The lowest BCUT2D eigenvalue weighted by molar-refractivity contribution is 0.0940. The minimum Gasteiger partial charge on any atom is -0.490 e. The van der Waals surface area contributed by atoms with Gasteiger partial charge in [0.05, 0.1) is 10.5 Å². The maximum Gasteiger partial charge on any atom is 0.270 e. The molecule has 0 saturated heterocycles. The average molecular weight is 412 g/mol. The van der Waals surface area contributed by atoms with E-state index in [0.717, 1.165) is 5.75 Å². The summed E-state index contributed by atoms with van der Waals surface area (Å²) >= 11 is 0. The van der Waals surface area contributed by atoms with Crippen LogP contribution in [0.1, 0.15) is 10.4 Å². The lowest BCUT2D eigenvalue weighted by atomic mass is 10.2. The number of ether oxygens (including phenoxy) is 2. The Hall–Kier alpha value is -3.36. The third-order valence-electron chi connectivity index (χ3n) is 3.84. The first-order valence-electron chi connectivity index (χ1n) is 8.83. The van der Waals surface area contributed by atoms with Gasteiger partial charge in [-0.05, 0) is 36.4 Å². The van der Waals surface area contributed by atoms with Gasteiger partial charge in [-0.3, -0.25) is 10.2 Å². The van der Waals surface area contributed by atoms with E-state index in [2.05, 4.69) is 10.3 Å². The summed E-state index contributed by atoms with van der Waals surface area (Å²) < 4.78 is 35.6. The van der Waals surface area contributed by atoms with Crippen LogP contribution in [0.4, 0.5) is 0 Å². The number of hydrogen-bond donors (Lipinski definition) is 2. The number of hydrogen-bond acceptors (Lipinski definition) is 5. The molecule has 0 unspecified atom stereocenters. The van der Waals surface area contributed by atoms with Gasteiger partial charge in [0.2, 0.25) is 0 Å². The van der Waals surface area contributed by atoms with Gasteiger partial charge in [-0.15, -0.1) is 4.83 Å². The van der Waals surface area contributed by atoms with Gasteiger partial charge in [-0.2, -0.15) is 0 Å². The number of benzene rings is 3. The number of carbonyl (C=O) groups excluding carboxylic acids is 1. The van der Waals surface area contributed by atoms with Crippen LogP contribution in [0.25, 0.3) is 0 Å². The molecule has 29 heavy (non-hydrogen) atoms. The molecule has 0 atom stereocenters. The van der Waals surface area contributed by atoms with Crippen LogP contribution in [-0.2, 0) is 10.0 Å². The van der Waals surface area contributed by atoms with Gasteiger partial charge in [0.15, 0.2) is 0 Å². The maximum atomic E-state index is 12.4. The summed E-state index contributed by atoms with van der Waals surface area (Å²) in [4.78, 5) is 14.6. The van der Waals surface area contributed by atoms with Crippen LogP contribution in [0.3, 0.4) is 0 Å². The third-order valence-corrected chi connectivity index (χ3v) is 5.10. The van der Waals surface area contributed by atoms with E-state index in [4.69, 9.17) is 9.47 Å². The maximum absolute atomic E-state index is 12.4. The molecular weight excluding hydrogens is 392 g/mol. The molecule has 7 nitrogen and oxygen atoms in total. The number of para-hydroxylation sites is 2. The predicted octanol–water partition coefficient (Wildman–Crippen LogP) is 2.77. The zero-order valence-electron chi connectivity index (χ0n) is 15.4. The first-order valence-corrected chi connectivity index (χ1v) is 10.3. The van der Waals surface area contributed by atoms with Crippen molar-refractivity contribution in [3.63, 3.8) is 0 Å². The molecular formula is C21H20N2O5S. The van der Waals surface area contributed by atoms with Crippen molar-refractivity contribution >= 4 is 15.9 Å². The largest absolute Gasteiger partial charge is 0.490 e. The zero-order valence-corrected chi connectivity index (χ0v) is 16.3. The van der Waals surface area contributed by atoms with Crippen molar-refractivity contribution in [1.29, 1.82) is 0 Å². The number of sulfonamides is 1. The summed E-state index contributed by atoms with van der Waals surface area (Å²) in [6, 6.07) is 23.6. The highest BCUT2D eigenvalue weighted by Gasteiger charge is 2.17. The molecule has 0 saturated carbocycles. The van der Waals surface area contributed by atoms with Gasteiger partial charge in [-0.1, -0.05) is 48.5 Å². The van der Waals surface area contributed by atoms with Crippen LogP contribution in [-0.4, -0.2) is 27.5 Å². The molecule has 3 aromatic carbocycles. The highest BCUT2D eigenvalue weighted by molar-refractivity contribution is 7.89. The van der Waals surface area contributed by atoms with Gasteiger partial charge in [0.1, 0.15) is 24.7 Å². The molecule has 3 aromatic rings. The van der Waals surface area contributed by atoms with E-state index in [-0.39, 0.29) is 17.1 Å². The minimum absolute atomic E-state index is 0.0443. The Labute approximate surface area is 169 Å². The number of amides is 1. The highest BCUT2D eigenvalue weighted by atomic mass is 32.2. The topological polar surface area (TPSA) is 93.7 Å². The van der Waals surface area contributed by atoms with Crippen LogP contribution in [0.15, 0.2) is 89.8 Å². The molecule has 0 aromatic heterocycles. The fourth-order valence-corrected chi connectivity index (χ4v) is 3.31. The molecule has 0 aliphatic heterocycles. The lowest BCUT2D eigenvalue weighted by Crippen LogP contribution is -2.41. The molecule has 3 rings (SSSR count). The van der Waals surface area contributed by atoms with Gasteiger partial charge in [-0.25, -0.2) is 8.42 Å². The van der Waals surface area contributed by atoms with Gasteiger partial charge in [0.25, 0.3) is 15.9 Å². The SMILES string of the molecule is O=C(NNS(=O)(=O)c1ccccc1)c1ccccc1OCCOc1ccccc1. The van der Waals surface area contributed by atoms with Crippen LogP contribution in [0.2, 0.25) is 0 Å². The van der Waals surface area contributed by atoms with Gasteiger partial charge in [0, 0.05) is 0 Å². The minimum atomic E-state index is -3.87. The Bertz CT molecular complexity index is 1040. The first kappa shape index (κ1) is 20.4. The molecule has 0 aliphatic rings.